The SMILES string of the molecule is COCCCN1C(=O)C(=O)/C(=C(\O)c2cccc(OCC(C)C)c2)C1c1ccco1. The molecule has 7 nitrogen and oxygen atoms in total. The van der Waals surface area contributed by atoms with Gasteiger partial charge in [0.05, 0.1) is 18.4 Å². The molecule has 1 unspecified atom stereocenters. The standard InChI is InChI=1S/C23H27NO6/c1-15(2)14-30-17-8-4-7-16(13-17)21(25)19-20(18-9-5-12-29-18)24(10-6-11-28-3)23(27)22(19)26/h4-5,7-9,12-13,15,20,25H,6,10-11,14H2,1-3H3/b21-19-. The number of furan rings is 1. The summed E-state index contributed by atoms with van der Waals surface area (Å²) >= 11 is 0. The van der Waals surface area contributed by atoms with E-state index in [4.69, 9.17) is 13.9 Å². The van der Waals surface area contributed by atoms with Crippen LogP contribution in [-0.4, -0.2) is 48.6 Å². The van der Waals surface area contributed by atoms with Crippen LogP contribution in [0, 0.1) is 5.92 Å². The molecule has 1 fully saturated rings. The summed E-state index contributed by atoms with van der Waals surface area (Å²) in [6, 6.07) is 9.44. The topological polar surface area (TPSA) is 89.2 Å². The van der Waals surface area contributed by atoms with Crippen molar-refractivity contribution in [2.24, 2.45) is 5.92 Å². The Bertz CT molecular complexity index is 916. The lowest BCUT2D eigenvalue weighted by Crippen LogP contribution is -2.31. The molecule has 0 saturated carbocycles. The Hall–Kier alpha value is -3.06. The van der Waals surface area contributed by atoms with Gasteiger partial charge in [0.1, 0.15) is 23.3 Å². The molecule has 1 amide bonds. The number of amides is 1. The molecule has 1 aliphatic heterocycles. The number of carbonyl (C=O) groups is 2. The lowest BCUT2D eigenvalue weighted by atomic mass is 9.99. The van der Waals surface area contributed by atoms with E-state index in [0.717, 1.165) is 0 Å². The van der Waals surface area contributed by atoms with E-state index in [2.05, 4.69) is 0 Å². The smallest absolute Gasteiger partial charge is 0.295 e. The van der Waals surface area contributed by atoms with Crippen LogP contribution < -0.4 is 4.74 Å². The van der Waals surface area contributed by atoms with Gasteiger partial charge in [-0.05, 0) is 36.6 Å². The van der Waals surface area contributed by atoms with Crippen molar-refractivity contribution in [2.45, 2.75) is 26.3 Å². The number of rotatable bonds is 9. The fourth-order valence-electron chi connectivity index (χ4n) is 3.38. The summed E-state index contributed by atoms with van der Waals surface area (Å²) in [5, 5.41) is 11.0. The second-order valence-electron chi connectivity index (χ2n) is 7.59. The third kappa shape index (κ3) is 4.57. The zero-order valence-corrected chi connectivity index (χ0v) is 17.5. The van der Waals surface area contributed by atoms with E-state index in [1.165, 1.54) is 11.2 Å². The molecule has 0 bridgehead atoms. The van der Waals surface area contributed by atoms with Crippen LogP contribution in [0.25, 0.3) is 5.76 Å². The summed E-state index contributed by atoms with van der Waals surface area (Å²) < 4.78 is 16.3. The van der Waals surface area contributed by atoms with Crippen molar-refractivity contribution >= 4 is 17.4 Å². The van der Waals surface area contributed by atoms with Gasteiger partial charge in [-0.25, -0.2) is 0 Å². The van der Waals surface area contributed by atoms with Gasteiger partial charge in [-0.2, -0.15) is 0 Å². The van der Waals surface area contributed by atoms with Crippen molar-refractivity contribution in [3.8, 4) is 5.75 Å². The van der Waals surface area contributed by atoms with Crippen LogP contribution in [-0.2, 0) is 14.3 Å². The molecule has 160 valence electrons. The first kappa shape index (κ1) is 21.6. The van der Waals surface area contributed by atoms with Gasteiger partial charge < -0.3 is 23.9 Å². The van der Waals surface area contributed by atoms with E-state index in [0.29, 0.717) is 49.2 Å². The summed E-state index contributed by atoms with van der Waals surface area (Å²) in [7, 11) is 1.58. The minimum atomic E-state index is -0.794. The number of likely N-dealkylation sites (tertiary alicyclic amines) is 1. The second kappa shape index (κ2) is 9.63. The molecule has 1 saturated heterocycles. The molecule has 0 radical (unpaired) electrons. The number of carbonyl (C=O) groups excluding carboxylic acids is 2. The summed E-state index contributed by atoms with van der Waals surface area (Å²) in [6.07, 6.45) is 2.03. The van der Waals surface area contributed by atoms with Crippen molar-refractivity contribution in [3.05, 3.63) is 59.6 Å². The molecule has 7 heteroatoms. The zero-order chi connectivity index (χ0) is 21.7. The Labute approximate surface area is 175 Å². The Balaban J connectivity index is 2.00. The van der Waals surface area contributed by atoms with Crippen LogP contribution >= 0.6 is 0 Å². The number of nitrogens with zero attached hydrogens (tertiary/aromatic N) is 1. The van der Waals surface area contributed by atoms with E-state index in [9.17, 15) is 14.7 Å². The molecule has 1 aromatic heterocycles. The number of ether oxygens (including phenoxy) is 2. The first-order valence-corrected chi connectivity index (χ1v) is 9.98. The van der Waals surface area contributed by atoms with Crippen molar-refractivity contribution in [3.63, 3.8) is 0 Å². The quantitative estimate of drug-likeness (QED) is 0.291. The average Bonchev–Trinajstić information content (AvgIpc) is 3.34. The van der Waals surface area contributed by atoms with E-state index in [1.54, 1.807) is 43.5 Å². The van der Waals surface area contributed by atoms with Crippen LogP contribution in [0.3, 0.4) is 0 Å². The van der Waals surface area contributed by atoms with Gasteiger partial charge in [0, 0.05) is 25.8 Å². The van der Waals surface area contributed by atoms with E-state index < -0.39 is 17.7 Å². The van der Waals surface area contributed by atoms with Crippen LogP contribution in [0.2, 0.25) is 0 Å². The summed E-state index contributed by atoms with van der Waals surface area (Å²) in [5.41, 5.74) is 0.413. The first-order chi connectivity index (χ1) is 14.4. The molecule has 1 aliphatic rings. The normalized spacial score (nSPS) is 18.4. The number of methoxy groups -OCH3 is 1. The lowest BCUT2D eigenvalue weighted by Gasteiger charge is -2.23. The van der Waals surface area contributed by atoms with E-state index in [1.807, 2.05) is 13.8 Å². The molecule has 1 aromatic carbocycles. The predicted octanol–water partition coefficient (Wildman–Crippen LogP) is 3.77. The van der Waals surface area contributed by atoms with E-state index in [-0.39, 0.29) is 11.3 Å². The van der Waals surface area contributed by atoms with Gasteiger partial charge in [-0.15, -0.1) is 0 Å². The number of hydrogen-bond donors (Lipinski definition) is 1. The highest BCUT2D eigenvalue weighted by molar-refractivity contribution is 6.46. The number of Topliss-reactive ketones (excluding diaryl/α,β-unsaturated/α-hetero) is 1. The molecule has 1 atom stereocenters. The molecule has 3 rings (SSSR count). The van der Waals surface area contributed by atoms with Gasteiger partial charge in [-0.3, -0.25) is 9.59 Å². The van der Waals surface area contributed by atoms with Gasteiger partial charge >= 0.3 is 0 Å². The van der Waals surface area contributed by atoms with Gasteiger partial charge in [0.25, 0.3) is 11.7 Å². The third-order valence-electron chi connectivity index (χ3n) is 4.79. The molecular formula is C23H27NO6. The Morgan fingerprint density at radius 2 is 2.03 bits per heavy atom. The van der Waals surface area contributed by atoms with Gasteiger partial charge in [0.15, 0.2) is 0 Å². The Morgan fingerprint density at radius 1 is 1.23 bits per heavy atom. The fourth-order valence-corrected chi connectivity index (χ4v) is 3.38. The predicted molar refractivity (Wildman–Crippen MR) is 111 cm³/mol. The Kier molecular flexibility index (Phi) is 6.95. The highest BCUT2D eigenvalue weighted by Gasteiger charge is 2.47. The molecule has 0 aliphatic carbocycles. The average molecular weight is 413 g/mol. The first-order valence-electron chi connectivity index (χ1n) is 9.98. The van der Waals surface area contributed by atoms with Gasteiger partial charge in [-0.1, -0.05) is 26.0 Å². The van der Waals surface area contributed by atoms with Crippen LogP contribution in [0.15, 0.2) is 52.7 Å². The summed E-state index contributed by atoms with van der Waals surface area (Å²) in [5.74, 6) is -0.310. The second-order valence-corrected chi connectivity index (χ2v) is 7.59. The minimum Gasteiger partial charge on any atom is -0.507 e. The zero-order valence-electron chi connectivity index (χ0n) is 17.5. The maximum Gasteiger partial charge on any atom is 0.295 e. The summed E-state index contributed by atoms with van der Waals surface area (Å²) in [4.78, 5) is 27.0. The fraction of sp³-hybridized carbons (Fsp3) is 0.391. The number of aliphatic hydroxyl groups is 1. The highest BCUT2D eigenvalue weighted by Crippen LogP contribution is 2.39. The maximum absolute atomic E-state index is 12.9. The number of ketones is 1. The van der Waals surface area contributed by atoms with Crippen LogP contribution in [0.1, 0.15) is 37.6 Å². The van der Waals surface area contributed by atoms with E-state index >= 15 is 0 Å². The number of aliphatic hydroxyl groups excluding tert-OH is 1. The molecule has 0 spiro atoms. The Morgan fingerprint density at radius 3 is 2.70 bits per heavy atom. The molecule has 2 heterocycles. The summed E-state index contributed by atoms with van der Waals surface area (Å²) in [6.45, 7) is 5.36. The molecular weight excluding hydrogens is 386 g/mol. The van der Waals surface area contributed by atoms with Crippen LogP contribution in [0.4, 0.5) is 0 Å². The monoisotopic (exact) mass is 413 g/mol. The van der Waals surface area contributed by atoms with Crippen LogP contribution in [0.5, 0.6) is 5.75 Å². The van der Waals surface area contributed by atoms with Crippen molar-refractivity contribution in [2.75, 3.05) is 26.9 Å². The minimum absolute atomic E-state index is 0.00776. The van der Waals surface area contributed by atoms with Gasteiger partial charge in [0.2, 0.25) is 0 Å². The molecule has 30 heavy (non-hydrogen) atoms. The molecule has 1 N–H and O–H groups in total. The largest absolute Gasteiger partial charge is 0.507 e. The molecule has 2 aromatic rings. The highest BCUT2D eigenvalue weighted by atomic mass is 16.5. The maximum atomic E-state index is 12.9. The number of benzene rings is 1. The number of hydrogen-bond acceptors (Lipinski definition) is 6. The lowest BCUT2D eigenvalue weighted by molar-refractivity contribution is -0.140. The van der Waals surface area contributed by atoms with Crippen molar-refractivity contribution < 1.29 is 28.6 Å². The third-order valence-corrected chi connectivity index (χ3v) is 4.79. The van der Waals surface area contributed by atoms with Crippen molar-refractivity contribution in [1.82, 2.24) is 4.90 Å². The van der Waals surface area contributed by atoms with Crippen molar-refractivity contribution in [1.29, 1.82) is 0 Å².